The standard InChI is InChI=1S/C16H18FN3O/c1-3-12-9-13(20(4-2)19-12)16(18)15-8-10-7-11(17)5-6-14(10)21-15/h5-9,16H,3-4,18H2,1-2H3. The summed E-state index contributed by atoms with van der Waals surface area (Å²) in [6.07, 6.45) is 0.859. The molecule has 1 aromatic carbocycles. The number of aryl methyl sites for hydroxylation is 2. The van der Waals surface area contributed by atoms with Crippen molar-refractivity contribution in [2.45, 2.75) is 32.9 Å². The fourth-order valence-electron chi connectivity index (χ4n) is 2.50. The van der Waals surface area contributed by atoms with Gasteiger partial charge in [0, 0.05) is 11.9 Å². The van der Waals surface area contributed by atoms with Gasteiger partial charge in [-0.1, -0.05) is 6.92 Å². The molecule has 4 nitrogen and oxygen atoms in total. The summed E-state index contributed by atoms with van der Waals surface area (Å²) in [4.78, 5) is 0. The van der Waals surface area contributed by atoms with E-state index in [1.807, 2.05) is 17.7 Å². The first-order valence-corrected chi connectivity index (χ1v) is 7.13. The second kappa shape index (κ2) is 5.33. The summed E-state index contributed by atoms with van der Waals surface area (Å²) in [5.41, 5.74) is 8.87. The average molecular weight is 287 g/mol. The number of hydrogen-bond acceptors (Lipinski definition) is 3. The Morgan fingerprint density at radius 1 is 1.29 bits per heavy atom. The highest BCUT2D eigenvalue weighted by atomic mass is 19.1. The van der Waals surface area contributed by atoms with Crippen LogP contribution in [0.25, 0.3) is 11.0 Å². The summed E-state index contributed by atoms with van der Waals surface area (Å²) in [6.45, 7) is 4.83. The van der Waals surface area contributed by atoms with E-state index in [0.717, 1.165) is 29.7 Å². The van der Waals surface area contributed by atoms with E-state index in [0.29, 0.717) is 11.3 Å². The maximum Gasteiger partial charge on any atom is 0.134 e. The summed E-state index contributed by atoms with van der Waals surface area (Å²) in [5.74, 6) is 0.336. The number of halogens is 1. The first kappa shape index (κ1) is 13.8. The molecular weight excluding hydrogens is 269 g/mol. The van der Waals surface area contributed by atoms with Gasteiger partial charge in [-0.15, -0.1) is 0 Å². The lowest BCUT2D eigenvalue weighted by atomic mass is 10.1. The third kappa shape index (κ3) is 2.45. The molecule has 2 N–H and O–H groups in total. The van der Waals surface area contributed by atoms with Crippen LogP contribution in [0.3, 0.4) is 0 Å². The molecule has 0 amide bonds. The van der Waals surface area contributed by atoms with Gasteiger partial charge in [0.1, 0.15) is 23.2 Å². The summed E-state index contributed by atoms with van der Waals surface area (Å²) in [6, 6.07) is 7.84. The van der Waals surface area contributed by atoms with Gasteiger partial charge in [0.15, 0.2) is 0 Å². The molecule has 2 heterocycles. The third-order valence-electron chi connectivity index (χ3n) is 3.65. The van der Waals surface area contributed by atoms with Crippen LogP contribution < -0.4 is 5.73 Å². The smallest absolute Gasteiger partial charge is 0.134 e. The number of aromatic nitrogens is 2. The van der Waals surface area contributed by atoms with E-state index in [1.54, 1.807) is 12.1 Å². The van der Waals surface area contributed by atoms with Crippen molar-refractivity contribution in [2.24, 2.45) is 5.73 Å². The third-order valence-corrected chi connectivity index (χ3v) is 3.65. The minimum absolute atomic E-state index is 0.282. The predicted molar refractivity (Wildman–Crippen MR) is 79.5 cm³/mol. The second-order valence-corrected chi connectivity index (χ2v) is 5.04. The van der Waals surface area contributed by atoms with Crippen LogP contribution in [0.4, 0.5) is 4.39 Å². The Morgan fingerprint density at radius 3 is 2.81 bits per heavy atom. The topological polar surface area (TPSA) is 57.0 Å². The fourth-order valence-corrected chi connectivity index (χ4v) is 2.50. The zero-order chi connectivity index (χ0) is 15.0. The van der Waals surface area contributed by atoms with E-state index in [-0.39, 0.29) is 5.82 Å². The molecule has 0 spiro atoms. The molecule has 0 saturated heterocycles. The van der Waals surface area contributed by atoms with Crippen molar-refractivity contribution in [2.75, 3.05) is 0 Å². The lowest BCUT2D eigenvalue weighted by molar-refractivity contribution is 0.499. The second-order valence-electron chi connectivity index (χ2n) is 5.04. The highest BCUT2D eigenvalue weighted by Crippen LogP contribution is 2.27. The zero-order valence-corrected chi connectivity index (χ0v) is 12.1. The highest BCUT2D eigenvalue weighted by Gasteiger charge is 2.19. The van der Waals surface area contributed by atoms with Crippen molar-refractivity contribution in [3.8, 4) is 0 Å². The molecule has 3 rings (SSSR count). The van der Waals surface area contributed by atoms with Crippen LogP contribution in [-0.4, -0.2) is 9.78 Å². The van der Waals surface area contributed by atoms with E-state index < -0.39 is 6.04 Å². The fraction of sp³-hybridized carbons (Fsp3) is 0.312. The van der Waals surface area contributed by atoms with Gasteiger partial charge in [0.05, 0.1) is 11.4 Å². The molecule has 1 atom stereocenters. The molecule has 1 unspecified atom stereocenters. The Bertz CT molecular complexity index is 775. The van der Waals surface area contributed by atoms with Gasteiger partial charge >= 0.3 is 0 Å². The van der Waals surface area contributed by atoms with Crippen LogP contribution in [-0.2, 0) is 13.0 Å². The normalized spacial score (nSPS) is 13.0. The molecule has 0 fully saturated rings. The highest BCUT2D eigenvalue weighted by molar-refractivity contribution is 5.78. The van der Waals surface area contributed by atoms with E-state index in [4.69, 9.17) is 10.2 Å². The molecule has 0 saturated carbocycles. The molecule has 0 radical (unpaired) electrons. The van der Waals surface area contributed by atoms with E-state index in [9.17, 15) is 4.39 Å². The molecular formula is C16H18FN3O. The number of furan rings is 1. The molecule has 0 aliphatic heterocycles. The molecule has 0 aliphatic rings. The minimum Gasteiger partial charge on any atom is -0.459 e. The van der Waals surface area contributed by atoms with Gasteiger partial charge in [-0.05, 0) is 43.7 Å². The number of nitrogens with zero attached hydrogens (tertiary/aromatic N) is 2. The van der Waals surface area contributed by atoms with Crippen LogP contribution in [0.2, 0.25) is 0 Å². The predicted octanol–water partition coefficient (Wildman–Crippen LogP) is 3.40. The van der Waals surface area contributed by atoms with Crippen LogP contribution in [0.1, 0.15) is 37.0 Å². The summed E-state index contributed by atoms with van der Waals surface area (Å²) < 4.78 is 20.9. The number of rotatable bonds is 4. The molecule has 5 heteroatoms. The molecule has 2 aromatic heterocycles. The Kier molecular flexibility index (Phi) is 3.51. The molecule has 0 bridgehead atoms. The molecule has 0 aliphatic carbocycles. The van der Waals surface area contributed by atoms with Gasteiger partial charge in [0.25, 0.3) is 0 Å². The van der Waals surface area contributed by atoms with Crippen LogP contribution in [0.5, 0.6) is 0 Å². The Hall–Kier alpha value is -2.14. The van der Waals surface area contributed by atoms with Crippen molar-refractivity contribution >= 4 is 11.0 Å². The zero-order valence-electron chi connectivity index (χ0n) is 12.1. The maximum atomic E-state index is 13.3. The minimum atomic E-state index is -0.409. The Labute approximate surface area is 122 Å². The van der Waals surface area contributed by atoms with Crippen molar-refractivity contribution in [3.05, 3.63) is 53.3 Å². The summed E-state index contributed by atoms with van der Waals surface area (Å²) in [5, 5.41) is 5.22. The molecule has 21 heavy (non-hydrogen) atoms. The molecule has 3 aromatic rings. The van der Waals surface area contributed by atoms with Crippen LogP contribution >= 0.6 is 0 Å². The molecule has 110 valence electrons. The Morgan fingerprint density at radius 2 is 2.10 bits per heavy atom. The van der Waals surface area contributed by atoms with Gasteiger partial charge in [-0.25, -0.2) is 4.39 Å². The van der Waals surface area contributed by atoms with E-state index in [2.05, 4.69) is 12.0 Å². The SMILES string of the molecule is CCc1cc(C(N)c2cc3cc(F)ccc3o2)n(CC)n1. The van der Waals surface area contributed by atoms with Crippen LogP contribution in [0.15, 0.2) is 34.7 Å². The van der Waals surface area contributed by atoms with Gasteiger partial charge < -0.3 is 10.2 Å². The Balaban J connectivity index is 2.03. The van der Waals surface area contributed by atoms with Crippen molar-refractivity contribution < 1.29 is 8.81 Å². The summed E-state index contributed by atoms with van der Waals surface area (Å²) in [7, 11) is 0. The number of nitrogens with two attached hydrogens (primary N) is 1. The lowest BCUT2D eigenvalue weighted by Gasteiger charge is -2.10. The number of fused-ring (bicyclic) bond motifs is 1. The largest absolute Gasteiger partial charge is 0.459 e. The van der Waals surface area contributed by atoms with E-state index in [1.165, 1.54) is 12.1 Å². The number of benzene rings is 1. The van der Waals surface area contributed by atoms with Crippen molar-refractivity contribution in [1.29, 1.82) is 0 Å². The first-order chi connectivity index (χ1) is 10.1. The van der Waals surface area contributed by atoms with E-state index >= 15 is 0 Å². The van der Waals surface area contributed by atoms with Crippen LogP contribution in [0, 0.1) is 5.82 Å². The van der Waals surface area contributed by atoms with Gasteiger partial charge in [-0.3, -0.25) is 4.68 Å². The monoisotopic (exact) mass is 287 g/mol. The maximum absolute atomic E-state index is 13.3. The van der Waals surface area contributed by atoms with Gasteiger partial charge in [0.2, 0.25) is 0 Å². The average Bonchev–Trinajstić information content (AvgIpc) is 3.09. The summed E-state index contributed by atoms with van der Waals surface area (Å²) >= 11 is 0. The quantitative estimate of drug-likeness (QED) is 0.800. The first-order valence-electron chi connectivity index (χ1n) is 7.13. The number of hydrogen-bond donors (Lipinski definition) is 1. The van der Waals surface area contributed by atoms with Crippen molar-refractivity contribution in [3.63, 3.8) is 0 Å². The van der Waals surface area contributed by atoms with Crippen molar-refractivity contribution in [1.82, 2.24) is 9.78 Å². The van der Waals surface area contributed by atoms with Gasteiger partial charge in [-0.2, -0.15) is 5.10 Å². The lowest BCUT2D eigenvalue weighted by Crippen LogP contribution is -2.16.